The van der Waals surface area contributed by atoms with Gasteiger partial charge in [0.25, 0.3) is 5.69 Å². The Morgan fingerprint density at radius 2 is 1.93 bits per heavy atom. The summed E-state index contributed by atoms with van der Waals surface area (Å²) in [7, 11) is 0. The van der Waals surface area contributed by atoms with Gasteiger partial charge in [-0.25, -0.2) is 4.98 Å². The van der Waals surface area contributed by atoms with Crippen molar-refractivity contribution in [2.45, 2.75) is 36.3 Å². The van der Waals surface area contributed by atoms with E-state index in [1.807, 2.05) is 19.1 Å². The zero-order valence-electron chi connectivity index (χ0n) is 16.4. The molecule has 3 rings (SSSR count). The Bertz CT molecular complexity index is 1100. The van der Waals surface area contributed by atoms with Gasteiger partial charge in [-0.05, 0) is 30.7 Å². The molecular formula is C20H20N4O4S2. The van der Waals surface area contributed by atoms with E-state index in [0.29, 0.717) is 24.2 Å². The van der Waals surface area contributed by atoms with Crippen molar-refractivity contribution in [2.75, 3.05) is 10.6 Å². The predicted molar refractivity (Wildman–Crippen MR) is 120 cm³/mol. The van der Waals surface area contributed by atoms with Gasteiger partial charge in [0, 0.05) is 29.9 Å². The number of amides is 2. The largest absolute Gasteiger partial charge is 0.326 e. The molecule has 0 spiro atoms. The van der Waals surface area contributed by atoms with Gasteiger partial charge in [0.1, 0.15) is 0 Å². The number of hydrogen-bond donors (Lipinski definition) is 2. The quantitative estimate of drug-likeness (QED) is 0.285. The lowest BCUT2D eigenvalue weighted by Crippen LogP contribution is -2.24. The Morgan fingerprint density at radius 3 is 2.63 bits per heavy atom. The van der Waals surface area contributed by atoms with E-state index in [4.69, 9.17) is 0 Å². The fraction of sp³-hybridized carbons (Fsp3) is 0.250. The van der Waals surface area contributed by atoms with Crippen molar-refractivity contribution < 1.29 is 14.5 Å². The van der Waals surface area contributed by atoms with Crippen LogP contribution in [-0.4, -0.2) is 27.0 Å². The molecule has 0 saturated heterocycles. The van der Waals surface area contributed by atoms with Crippen LogP contribution in [0.4, 0.5) is 17.1 Å². The summed E-state index contributed by atoms with van der Waals surface area (Å²) in [5.41, 5.74) is 1.82. The minimum absolute atomic E-state index is 0.0580. The number of nitro groups is 1. The Hall–Kier alpha value is -2.98. The summed E-state index contributed by atoms with van der Waals surface area (Å²) in [5, 5.41) is 16.1. The van der Waals surface area contributed by atoms with Crippen molar-refractivity contribution in [1.29, 1.82) is 0 Å². The minimum Gasteiger partial charge on any atom is -0.326 e. The smallest absolute Gasteiger partial charge is 0.271 e. The number of aromatic nitrogens is 1. The molecule has 156 valence electrons. The van der Waals surface area contributed by atoms with E-state index in [1.54, 1.807) is 19.1 Å². The number of nitrogens with zero attached hydrogens (tertiary/aromatic N) is 2. The number of thioether (sulfide) groups is 1. The average molecular weight is 445 g/mol. The van der Waals surface area contributed by atoms with E-state index in [1.165, 1.54) is 41.3 Å². The lowest BCUT2D eigenvalue weighted by Gasteiger charge is -2.13. The number of rotatable bonds is 8. The molecule has 2 amide bonds. The first-order valence-electron chi connectivity index (χ1n) is 9.32. The number of fused-ring (bicyclic) bond motifs is 1. The summed E-state index contributed by atoms with van der Waals surface area (Å²) >= 11 is 2.80. The molecule has 1 atom stereocenters. The van der Waals surface area contributed by atoms with Gasteiger partial charge in [-0.1, -0.05) is 31.7 Å². The van der Waals surface area contributed by atoms with Crippen molar-refractivity contribution in [3.8, 4) is 0 Å². The Kier molecular flexibility index (Phi) is 7.01. The number of benzene rings is 2. The molecule has 3 aromatic rings. The van der Waals surface area contributed by atoms with E-state index in [9.17, 15) is 19.7 Å². The maximum atomic E-state index is 12.7. The van der Waals surface area contributed by atoms with Crippen LogP contribution in [0.15, 0.2) is 46.8 Å². The highest BCUT2D eigenvalue weighted by Gasteiger charge is 2.21. The van der Waals surface area contributed by atoms with Crippen molar-refractivity contribution >= 4 is 62.2 Å². The van der Waals surface area contributed by atoms with Crippen molar-refractivity contribution in [1.82, 2.24) is 4.98 Å². The lowest BCUT2D eigenvalue weighted by atomic mass is 10.2. The van der Waals surface area contributed by atoms with Crippen LogP contribution in [0.1, 0.15) is 26.7 Å². The van der Waals surface area contributed by atoms with E-state index in [0.717, 1.165) is 14.6 Å². The summed E-state index contributed by atoms with van der Waals surface area (Å²) in [6.07, 6.45) is 0.971. The first-order chi connectivity index (χ1) is 14.4. The number of non-ortho nitro benzene ring substituents is 1. The van der Waals surface area contributed by atoms with Gasteiger partial charge in [-0.3, -0.25) is 19.7 Å². The molecule has 0 bridgehead atoms. The lowest BCUT2D eigenvalue weighted by molar-refractivity contribution is -0.384. The summed E-state index contributed by atoms with van der Waals surface area (Å²) < 4.78 is 1.66. The molecule has 1 aromatic heterocycles. The zero-order chi connectivity index (χ0) is 21.7. The molecule has 2 aromatic carbocycles. The zero-order valence-corrected chi connectivity index (χ0v) is 18.0. The van der Waals surface area contributed by atoms with E-state index in [-0.39, 0.29) is 17.5 Å². The molecule has 2 N–H and O–H groups in total. The fourth-order valence-electron chi connectivity index (χ4n) is 2.64. The van der Waals surface area contributed by atoms with Gasteiger partial charge in [0.15, 0.2) is 4.34 Å². The highest BCUT2D eigenvalue weighted by molar-refractivity contribution is 8.02. The first-order valence-corrected chi connectivity index (χ1v) is 11.0. The van der Waals surface area contributed by atoms with Crippen LogP contribution in [0, 0.1) is 10.1 Å². The molecule has 1 heterocycles. The fourth-order valence-corrected chi connectivity index (χ4v) is 4.92. The maximum absolute atomic E-state index is 12.7. The number of carbonyl (C=O) groups is 2. The third-order valence-electron chi connectivity index (χ3n) is 4.20. The summed E-state index contributed by atoms with van der Waals surface area (Å²) in [4.78, 5) is 39.2. The molecule has 0 fully saturated rings. The third-order valence-corrected chi connectivity index (χ3v) is 6.68. The Morgan fingerprint density at radius 1 is 1.17 bits per heavy atom. The van der Waals surface area contributed by atoms with Crippen molar-refractivity contribution in [2.24, 2.45) is 0 Å². The van der Waals surface area contributed by atoms with Crippen LogP contribution in [-0.2, 0) is 9.59 Å². The second-order valence-corrected chi connectivity index (χ2v) is 8.86. The average Bonchev–Trinajstić information content (AvgIpc) is 3.13. The number of nitro benzene ring substituents is 1. The summed E-state index contributed by atoms with van der Waals surface area (Å²) in [6, 6.07) is 11.4. The number of thiazole rings is 1. The Labute approximate surface area is 181 Å². The van der Waals surface area contributed by atoms with Gasteiger partial charge >= 0.3 is 0 Å². The SMILES string of the molecule is CCC(=O)Nc1ccc2nc(SC(CC)C(=O)Nc3cccc([N+](=O)[O-])c3)sc2c1. The van der Waals surface area contributed by atoms with Crippen LogP contribution >= 0.6 is 23.1 Å². The number of nitrogens with one attached hydrogen (secondary N) is 2. The van der Waals surface area contributed by atoms with Gasteiger partial charge in [-0.2, -0.15) is 0 Å². The van der Waals surface area contributed by atoms with E-state index in [2.05, 4.69) is 15.6 Å². The molecule has 1 unspecified atom stereocenters. The van der Waals surface area contributed by atoms with E-state index < -0.39 is 10.2 Å². The van der Waals surface area contributed by atoms with Crippen LogP contribution in [0.25, 0.3) is 10.2 Å². The van der Waals surface area contributed by atoms with Gasteiger partial charge in [0.2, 0.25) is 11.8 Å². The number of hydrogen-bond acceptors (Lipinski definition) is 7. The Balaban J connectivity index is 1.72. The van der Waals surface area contributed by atoms with Gasteiger partial charge in [-0.15, -0.1) is 11.3 Å². The minimum atomic E-state index is -0.500. The summed E-state index contributed by atoms with van der Waals surface area (Å²) in [5.74, 6) is -0.296. The monoisotopic (exact) mass is 444 g/mol. The normalized spacial score (nSPS) is 11.8. The van der Waals surface area contributed by atoms with Crippen molar-refractivity contribution in [3.63, 3.8) is 0 Å². The third kappa shape index (κ3) is 5.33. The molecule has 30 heavy (non-hydrogen) atoms. The standard InChI is InChI=1S/C20H20N4O4S2/c1-3-16(19(26)22-12-6-5-7-14(10-12)24(27)28)29-20-23-15-9-8-13(11-17(15)30-20)21-18(25)4-2/h5-11,16H,3-4H2,1-2H3,(H,21,25)(H,22,26). The highest BCUT2D eigenvalue weighted by atomic mass is 32.2. The second-order valence-electron chi connectivity index (χ2n) is 6.38. The number of anilines is 2. The molecule has 8 nitrogen and oxygen atoms in total. The second kappa shape index (κ2) is 9.68. The van der Waals surface area contributed by atoms with Gasteiger partial charge in [0.05, 0.1) is 20.4 Å². The predicted octanol–water partition coefficient (Wildman–Crippen LogP) is 5.06. The van der Waals surface area contributed by atoms with Crippen LogP contribution in [0.3, 0.4) is 0 Å². The van der Waals surface area contributed by atoms with Crippen LogP contribution in [0.2, 0.25) is 0 Å². The van der Waals surface area contributed by atoms with Crippen LogP contribution in [0.5, 0.6) is 0 Å². The van der Waals surface area contributed by atoms with Gasteiger partial charge < -0.3 is 10.6 Å². The molecular weight excluding hydrogens is 424 g/mol. The summed E-state index contributed by atoms with van der Waals surface area (Å²) in [6.45, 7) is 3.69. The first kappa shape index (κ1) is 21.7. The molecule has 0 radical (unpaired) electrons. The molecule has 10 heteroatoms. The topological polar surface area (TPSA) is 114 Å². The van der Waals surface area contributed by atoms with Crippen molar-refractivity contribution in [3.05, 3.63) is 52.6 Å². The van der Waals surface area contributed by atoms with Crippen LogP contribution < -0.4 is 10.6 Å². The molecule has 0 aliphatic rings. The number of carbonyl (C=O) groups excluding carboxylic acids is 2. The maximum Gasteiger partial charge on any atom is 0.271 e. The van der Waals surface area contributed by atoms with E-state index >= 15 is 0 Å². The highest BCUT2D eigenvalue weighted by Crippen LogP contribution is 2.35. The molecule has 0 aliphatic heterocycles. The molecule has 0 saturated carbocycles. The molecule has 0 aliphatic carbocycles.